The lowest BCUT2D eigenvalue weighted by atomic mass is 10.0. The van der Waals surface area contributed by atoms with Crippen molar-refractivity contribution in [1.82, 2.24) is 15.6 Å². The number of hydrogen-bond donors (Lipinski definition) is 3. The van der Waals surface area contributed by atoms with Crippen LogP contribution in [0, 0.1) is 5.92 Å². The van der Waals surface area contributed by atoms with E-state index in [1.807, 2.05) is 32.0 Å². The Morgan fingerprint density at radius 2 is 1.61 bits per heavy atom. The number of benzene rings is 1. The zero-order chi connectivity index (χ0) is 17.2. The number of carbonyl (C=O) groups is 3. The number of anilines is 1. The molecule has 5 amide bonds. The first-order chi connectivity index (χ1) is 11.0. The van der Waals surface area contributed by atoms with E-state index in [1.165, 1.54) is 5.01 Å². The quantitative estimate of drug-likeness (QED) is 0.703. The Labute approximate surface area is 136 Å². The summed E-state index contributed by atoms with van der Waals surface area (Å²) in [6, 6.07) is 7.66. The Hall–Kier alpha value is -2.57. The zero-order valence-electron chi connectivity index (χ0n) is 13.8. The Morgan fingerprint density at radius 3 is 2.13 bits per heavy atom. The number of imide groups is 2. The highest BCUT2D eigenvalue weighted by atomic mass is 16.2. The molecule has 0 aliphatic carbocycles. The molecular weight excluding hydrogens is 296 g/mol. The van der Waals surface area contributed by atoms with E-state index in [0.717, 1.165) is 5.69 Å². The van der Waals surface area contributed by atoms with Gasteiger partial charge in [-0.05, 0) is 31.9 Å². The van der Waals surface area contributed by atoms with Gasteiger partial charge < -0.3 is 0 Å². The molecule has 0 spiro atoms. The highest BCUT2D eigenvalue weighted by Gasteiger charge is 2.20. The van der Waals surface area contributed by atoms with E-state index in [4.69, 9.17) is 0 Å². The van der Waals surface area contributed by atoms with E-state index in [2.05, 4.69) is 16.1 Å². The number of amides is 5. The molecule has 7 heteroatoms. The fourth-order valence-corrected chi connectivity index (χ4v) is 2.01. The second kappa shape index (κ2) is 9.45. The summed E-state index contributed by atoms with van der Waals surface area (Å²) in [6.45, 7) is 5.86. The maximum atomic E-state index is 12.1. The van der Waals surface area contributed by atoms with Gasteiger partial charge in [0.05, 0.1) is 5.69 Å². The van der Waals surface area contributed by atoms with E-state index in [-0.39, 0.29) is 11.8 Å². The molecule has 23 heavy (non-hydrogen) atoms. The van der Waals surface area contributed by atoms with Crippen molar-refractivity contribution in [3.8, 4) is 0 Å². The second-order valence-corrected chi connectivity index (χ2v) is 4.98. The van der Waals surface area contributed by atoms with Crippen LogP contribution in [-0.2, 0) is 4.79 Å². The minimum absolute atomic E-state index is 0.236. The number of rotatable bonds is 6. The Bertz CT molecular complexity index is 529. The van der Waals surface area contributed by atoms with Crippen LogP contribution < -0.4 is 16.1 Å². The molecule has 1 rings (SSSR count). The molecule has 1 aromatic carbocycles. The van der Waals surface area contributed by atoms with E-state index in [0.29, 0.717) is 19.4 Å². The summed E-state index contributed by atoms with van der Waals surface area (Å²) < 4.78 is 0. The van der Waals surface area contributed by atoms with Crippen LogP contribution in [0.15, 0.2) is 30.3 Å². The Balaban J connectivity index is 2.55. The molecule has 0 aliphatic heterocycles. The summed E-state index contributed by atoms with van der Waals surface area (Å²) in [5.41, 5.74) is 3.61. The topological polar surface area (TPSA) is 90.5 Å². The molecule has 0 radical (unpaired) electrons. The van der Waals surface area contributed by atoms with Crippen LogP contribution in [0.3, 0.4) is 0 Å². The highest BCUT2D eigenvalue weighted by Crippen LogP contribution is 2.07. The summed E-state index contributed by atoms with van der Waals surface area (Å²) in [5.74, 6) is -0.611. The van der Waals surface area contributed by atoms with E-state index in [9.17, 15) is 14.4 Å². The van der Waals surface area contributed by atoms with Gasteiger partial charge in [-0.2, -0.15) is 0 Å². The predicted octanol–water partition coefficient (Wildman–Crippen LogP) is 2.72. The smallest absolute Gasteiger partial charge is 0.295 e. The van der Waals surface area contributed by atoms with Crippen LogP contribution in [0.25, 0.3) is 0 Å². The lowest BCUT2D eigenvalue weighted by Gasteiger charge is -2.23. The zero-order valence-corrected chi connectivity index (χ0v) is 13.8. The van der Waals surface area contributed by atoms with Gasteiger partial charge >= 0.3 is 12.1 Å². The lowest BCUT2D eigenvalue weighted by molar-refractivity contribution is -0.124. The average Bonchev–Trinajstić information content (AvgIpc) is 2.54. The molecule has 0 aliphatic rings. The molecular formula is C16H24N4O3. The Morgan fingerprint density at radius 1 is 1.00 bits per heavy atom. The molecule has 0 bridgehead atoms. The third kappa shape index (κ3) is 5.98. The summed E-state index contributed by atoms with van der Waals surface area (Å²) in [4.78, 5) is 35.6. The van der Waals surface area contributed by atoms with Crippen molar-refractivity contribution in [3.05, 3.63) is 30.3 Å². The summed E-state index contributed by atoms with van der Waals surface area (Å²) >= 11 is 0. The van der Waals surface area contributed by atoms with E-state index < -0.39 is 12.1 Å². The van der Waals surface area contributed by atoms with Crippen molar-refractivity contribution in [2.24, 2.45) is 5.92 Å². The first kappa shape index (κ1) is 18.5. The first-order valence-corrected chi connectivity index (χ1v) is 7.76. The number of hydrazine groups is 1. The third-order valence-electron chi connectivity index (χ3n) is 3.41. The summed E-state index contributed by atoms with van der Waals surface area (Å²) in [7, 11) is 0. The molecule has 0 unspecified atom stereocenters. The fraction of sp³-hybridized carbons (Fsp3) is 0.438. The minimum Gasteiger partial charge on any atom is -0.295 e. The van der Waals surface area contributed by atoms with Gasteiger partial charge in [-0.15, -0.1) is 0 Å². The van der Waals surface area contributed by atoms with Crippen molar-refractivity contribution < 1.29 is 14.4 Å². The molecule has 1 aromatic rings. The van der Waals surface area contributed by atoms with Gasteiger partial charge in [0.1, 0.15) is 0 Å². The number of nitrogens with zero attached hydrogens (tertiary/aromatic N) is 1. The number of para-hydroxylation sites is 1. The molecule has 0 atom stereocenters. The minimum atomic E-state index is -0.819. The van der Waals surface area contributed by atoms with Gasteiger partial charge in [-0.25, -0.2) is 14.6 Å². The van der Waals surface area contributed by atoms with Gasteiger partial charge in [0.15, 0.2) is 0 Å². The molecule has 126 valence electrons. The lowest BCUT2D eigenvalue weighted by Crippen LogP contribution is -2.50. The van der Waals surface area contributed by atoms with Gasteiger partial charge in [0, 0.05) is 12.5 Å². The summed E-state index contributed by atoms with van der Waals surface area (Å²) in [5, 5.41) is 5.58. The molecule has 3 N–H and O–H groups in total. The van der Waals surface area contributed by atoms with Crippen LogP contribution in [0.4, 0.5) is 15.3 Å². The maximum Gasteiger partial charge on any atom is 0.344 e. The number of urea groups is 2. The average molecular weight is 320 g/mol. The molecule has 0 saturated carbocycles. The molecule has 0 aromatic heterocycles. The third-order valence-corrected chi connectivity index (χ3v) is 3.41. The summed E-state index contributed by atoms with van der Waals surface area (Å²) in [6.07, 6.45) is 1.28. The van der Waals surface area contributed by atoms with Crippen LogP contribution in [0.1, 0.15) is 33.6 Å². The van der Waals surface area contributed by atoms with Crippen LogP contribution >= 0.6 is 0 Å². The van der Waals surface area contributed by atoms with Crippen molar-refractivity contribution in [3.63, 3.8) is 0 Å². The fourth-order valence-electron chi connectivity index (χ4n) is 2.01. The molecule has 7 nitrogen and oxygen atoms in total. The largest absolute Gasteiger partial charge is 0.344 e. The van der Waals surface area contributed by atoms with Gasteiger partial charge in [-0.3, -0.25) is 20.9 Å². The normalized spacial score (nSPS) is 10.1. The maximum absolute atomic E-state index is 12.1. The number of hydrogen-bond acceptors (Lipinski definition) is 4. The number of carbonyl (C=O) groups excluding carboxylic acids is 3. The number of nitrogens with one attached hydrogen (secondary N) is 3. The molecule has 0 saturated heterocycles. The van der Waals surface area contributed by atoms with Gasteiger partial charge in [-0.1, -0.05) is 32.0 Å². The van der Waals surface area contributed by atoms with Crippen molar-refractivity contribution >= 4 is 23.7 Å². The monoisotopic (exact) mass is 320 g/mol. The highest BCUT2D eigenvalue weighted by molar-refractivity contribution is 6.02. The molecule has 0 heterocycles. The van der Waals surface area contributed by atoms with Crippen molar-refractivity contribution in [2.75, 3.05) is 12.0 Å². The van der Waals surface area contributed by atoms with Crippen LogP contribution in [-0.4, -0.2) is 29.5 Å². The predicted molar refractivity (Wildman–Crippen MR) is 88.6 cm³/mol. The Kier molecular flexibility index (Phi) is 7.59. The van der Waals surface area contributed by atoms with Crippen molar-refractivity contribution in [1.29, 1.82) is 0 Å². The van der Waals surface area contributed by atoms with Crippen LogP contribution in [0.5, 0.6) is 0 Å². The first-order valence-electron chi connectivity index (χ1n) is 7.76. The van der Waals surface area contributed by atoms with Crippen molar-refractivity contribution in [2.45, 2.75) is 33.6 Å². The van der Waals surface area contributed by atoms with Gasteiger partial charge in [0.25, 0.3) is 0 Å². The molecule has 0 fully saturated rings. The van der Waals surface area contributed by atoms with E-state index >= 15 is 0 Å². The van der Waals surface area contributed by atoms with Gasteiger partial charge in [0.2, 0.25) is 5.91 Å². The van der Waals surface area contributed by atoms with Crippen LogP contribution in [0.2, 0.25) is 0 Å². The second-order valence-electron chi connectivity index (χ2n) is 4.98. The van der Waals surface area contributed by atoms with E-state index in [1.54, 1.807) is 19.1 Å². The SMILES string of the molecule is CCC(CC)C(=O)NC(=O)NC(=O)N(CC)Nc1ccccc1. The standard InChI is InChI=1S/C16H24N4O3/c1-4-12(5-2)14(21)17-15(22)18-16(23)20(6-3)19-13-10-8-7-9-11-13/h7-12,19H,4-6H2,1-3H3,(H2,17,18,21,22,23).